The highest BCUT2D eigenvalue weighted by Gasteiger charge is 2.25. The van der Waals surface area contributed by atoms with Gasteiger partial charge < -0.3 is 9.47 Å². The maximum absolute atomic E-state index is 4.59. The summed E-state index contributed by atoms with van der Waals surface area (Å²) in [7, 11) is 0. The van der Waals surface area contributed by atoms with E-state index < -0.39 is 0 Å². The fraction of sp³-hybridized carbons (Fsp3) is 0.115. The molecule has 0 radical (unpaired) electrons. The molecule has 0 aliphatic heterocycles. The Morgan fingerprint density at radius 2 is 1.31 bits per heavy atom. The predicted molar refractivity (Wildman–Crippen MR) is 229 cm³/mol. The number of hydrogen-bond donors (Lipinski definition) is 0. The summed E-state index contributed by atoms with van der Waals surface area (Å²) in [6.07, 6.45) is 10.9. The van der Waals surface area contributed by atoms with Crippen LogP contribution in [0.25, 0.3) is 49.4 Å². The standard InChI is InChI=1S/C52H44N2/c1-3-37(2)53(36-38-18-8-4-9-19-38)52(41-24-14-7-15-25-41)42-28-31-44(32-29-42)54-49-34-43(39-20-10-5-11-21-39)30-33-47(49)51-46-27-17-16-26-45(46)48(35-50(51)54)40-22-12-6-13-23-40/h4-22,24-35,40,52H,2-3,23,36H2,1H3. The number of nitrogens with zero attached hydrogens (tertiary/aromatic N) is 2. The third kappa shape index (κ3) is 6.14. The lowest BCUT2D eigenvalue weighted by Crippen LogP contribution is -2.28. The molecule has 262 valence electrons. The summed E-state index contributed by atoms with van der Waals surface area (Å²) in [5.41, 5.74) is 12.3. The highest BCUT2D eigenvalue weighted by atomic mass is 15.2. The molecule has 2 heteroatoms. The Kier molecular flexibility index (Phi) is 9.02. The van der Waals surface area contributed by atoms with Crippen molar-refractivity contribution in [1.82, 2.24) is 9.47 Å². The van der Waals surface area contributed by atoms with E-state index in [9.17, 15) is 0 Å². The van der Waals surface area contributed by atoms with Crippen molar-refractivity contribution in [2.45, 2.75) is 38.3 Å². The first-order valence-electron chi connectivity index (χ1n) is 19.2. The van der Waals surface area contributed by atoms with Crippen LogP contribution in [0.1, 0.15) is 54.0 Å². The van der Waals surface area contributed by atoms with Gasteiger partial charge >= 0.3 is 0 Å². The van der Waals surface area contributed by atoms with Crippen LogP contribution in [0.5, 0.6) is 0 Å². The van der Waals surface area contributed by atoms with E-state index in [4.69, 9.17) is 0 Å². The van der Waals surface area contributed by atoms with Gasteiger partial charge in [0.1, 0.15) is 0 Å². The number of hydrogen-bond acceptors (Lipinski definition) is 1. The van der Waals surface area contributed by atoms with E-state index in [1.165, 1.54) is 66.0 Å². The summed E-state index contributed by atoms with van der Waals surface area (Å²) >= 11 is 0. The number of benzene rings is 7. The average Bonchev–Trinajstić information content (AvgIpc) is 3.58. The quantitative estimate of drug-likeness (QED) is 0.138. The lowest BCUT2D eigenvalue weighted by Gasteiger charge is -2.36. The van der Waals surface area contributed by atoms with Crippen LogP contribution in [-0.4, -0.2) is 9.47 Å². The molecule has 0 fully saturated rings. The minimum absolute atomic E-state index is 0.0115. The van der Waals surface area contributed by atoms with E-state index in [1.54, 1.807) is 0 Å². The zero-order chi connectivity index (χ0) is 36.4. The highest BCUT2D eigenvalue weighted by molar-refractivity contribution is 6.22. The Bertz CT molecular complexity index is 2650. The van der Waals surface area contributed by atoms with Gasteiger partial charge in [0.05, 0.1) is 17.1 Å². The molecule has 1 aromatic heterocycles. The van der Waals surface area contributed by atoms with E-state index in [1.807, 2.05) is 0 Å². The molecule has 0 saturated carbocycles. The van der Waals surface area contributed by atoms with Crippen LogP contribution in [-0.2, 0) is 6.54 Å². The molecule has 0 spiro atoms. The first-order valence-corrected chi connectivity index (χ1v) is 19.2. The van der Waals surface area contributed by atoms with Gasteiger partial charge in [0, 0.05) is 34.6 Å². The van der Waals surface area contributed by atoms with Crippen LogP contribution in [0.4, 0.5) is 0 Å². The Morgan fingerprint density at radius 1 is 0.648 bits per heavy atom. The van der Waals surface area contributed by atoms with Crippen LogP contribution >= 0.6 is 0 Å². The van der Waals surface area contributed by atoms with E-state index in [0.29, 0.717) is 5.92 Å². The number of fused-ring (bicyclic) bond motifs is 5. The topological polar surface area (TPSA) is 8.17 Å². The molecule has 0 amide bonds. The van der Waals surface area contributed by atoms with Crippen LogP contribution in [0, 0.1) is 0 Å². The minimum atomic E-state index is 0.0115. The summed E-state index contributed by atoms with van der Waals surface area (Å²) < 4.78 is 2.50. The zero-order valence-electron chi connectivity index (χ0n) is 30.8. The van der Waals surface area contributed by atoms with Crippen molar-refractivity contribution in [3.05, 3.63) is 223 Å². The Hall–Kier alpha value is -6.38. The molecule has 2 nitrogen and oxygen atoms in total. The fourth-order valence-corrected chi connectivity index (χ4v) is 8.47. The van der Waals surface area contributed by atoms with Crippen molar-refractivity contribution in [2.75, 3.05) is 0 Å². The summed E-state index contributed by atoms with van der Waals surface area (Å²) in [5.74, 6) is 0.326. The second-order valence-corrected chi connectivity index (χ2v) is 14.4. The van der Waals surface area contributed by atoms with Crippen LogP contribution in [0.15, 0.2) is 200 Å². The monoisotopic (exact) mass is 696 g/mol. The first kappa shape index (κ1) is 33.5. The Balaban J connectivity index is 1.25. The molecule has 1 aliphatic carbocycles. The number of allylic oxidation sites excluding steroid dienone is 5. The second kappa shape index (κ2) is 14.6. The largest absolute Gasteiger partial charge is 0.360 e. The molecule has 0 saturated heterocycles. The molecular weight excluding hydrogens is 653 g/mol. The molecule has 8 aromatic rings. The lowest BCUT2D eigenvalue weighted by atomic mass is 9.87. The van der Waals surface area contributed by atoms with E-state index in [0.717, 1.165) is 30.8 Å². The smallest absolute Gasteiger partial charge is 0.0796 e. The van der Waals surface area contributed by atoms with Gasteiger partial charge in [-0.2, -0.15) is 0 Å². The summed E-state index contributed by atoms with van der Waals surface area (Å²) in [5, 5.41) is 5.21. The maximum Gasteiger partial charge on any atom is 0.0796 e. The SMILES string of the molecule is C=C(CC)N(Cc1ccccc1)C(c1ccccc1)c1ccc(-n2c3cc(-c4ccccc4)ccc3c3c4ccccc4c(C4C=CC=CC4)cc32)cc1. The van der Waals surface area contributed by atoms with E-state index in [-0.39, 0.29) is 6.04 Å². The van der Waals surface area contributed by atoms with Crippen LogP contribution in [0.2, 0.25) is 0 Å². The van der Waals surface area contributed by atoms with Gasteiger partial charge in [-0.05, 0) is 81.3 Å². The van der Waals surface area contributed by atoms with E-state index >= 15 is 0 Å². The number of rotatable bonds is 10. The first-order chi connectivity index (χ1) is 26.7. The van der Waals surface area contributed by atoms with Gasteiger partial charge in [-0.25, -0.2) is 0 Å². The van der Waals surface area contributed by atoms with Crippen LogP contribution < -0.4 is 0 Å². The minimum Gasteiger partial charge on any atom is -0.360 e. The molecule has 2 atom stereocenters. The Labute approximate surface area is 318 Å². The predicted octanol–water partition coefficient (Wildman–Crippen LogP) is 13.7. The normalized spacial score (nSPS) is 14.5. The van der Waals surface area contributed by atoms with Crippen LogP contribution in [0.3, 0.4) is 0 Å². The molecule has 7 aromatic carbocycles. The van der Waals surface area contributed by atoms with Crippen molar-refractivity contribution in [3.63, 3.8) is 0 Å². The van der Waals surface area contributed by atoms with Gasteiger partial charge in [-0.3, -0.25) is 0 Å². The van der Waals surface area contributed by atoms with Gasteiger partial charge in [0.25, 0.3) is 0 Å². The molecule has 9 rings (SSSR count). The molecule has 54 heavy (non-hydrogen) atoms. The molecule has 2 unspecified atom stereocenters. The molecule has 1 aliphatic rings. The Morgan fingerprint density at radius 3 is 2.02 bits per heavy atom. The summed E-state index contributed by atoms with van der Waals surface area (Å²) in [6.45, 7) is 7.57. The van der Waals surface area contributed by atoms with Gasteiger partial charge in [-0.1, -0.05) is 177 Å². The lowest BCUT2D eigenvalue weighted by molar-refractivity contribution is 0.274. The third-order valence-electron chi connectivity index (χ3n) is 11.2. The van der Waals surface area contributed by atoms with Crippen molar-refractivity contribution in [3.8, 4) is 16.8 Å². The van der Waals surface area contributed by atoms with Crippen molar-refractivity contribution < 1.29 is 0 Å². The van der Waals surface area contributed by atoms with Gasteiger partial charge in [-0.15, -0.1) is 0 Å². The van der Waals surface area contributed by atoms with Crippen molar-refractivity contribution in [1.29, 1.82) is 0 Å². The van der Waals surface area contributed by atoms with Crippen molar-refractivity contribution >= 4 is 32.6 Å². The molecule has 1 heterocycles. The van der Waals surface area contributed by atoms with Crippen molar-refractivity contribution in [2.24, 2.45) is 0 Å². The maximum atomic E-state index is 4.59. The second-order valence-electron chi connectivity index (χ2n) is 14.4. The summed E-state index contributed by atoms with van der Waals surface area (Å²) in [4.78, 5) is 2.48. The zero-order valence-corrected chi connectivity index (χ0v) is 30.8. The number of aromatic nitrogens is 1. The average molecular weight is 697 g/mol. The molecular formula is C52H44N2. The van der Waals surface area contributed by atoms with Gasteiger partial charge in [0.15, 0.2) is 0 Å². The fourth-order valence-electron chi connectivity index (χ4n) is 8.47. The van der Waals surface area contributed by atoms with E-state index in [2.05, 4.69) is 211 Å². The molecule has 0 bridgehead atoms. The third-order valence-corrected chi connectivity index (χ3v) is 11.2. The highest BCUT2D eigenvalue weighted by Crippen LogP contribution is 2.43. The molecule has 0 N–H and O–H groups in total. The van der Waals surface area contributed by atoms with Gasteiger partial charge in [0.2, 0.25) is 0 Å². The summed E-state index contributed by atoms with van der Waals surface area (Å²) in [6, 6.07) is 60.2.